The molecule has 1 amide bonds. The molecule has 0 fully saturated rings. The molecule has 120 valence electrons. The van der Waals surface area contributed by atoms with E-state index in [0.717, 1.165) is 46.6 Å². The van der Waals surface area contributed by atoms with Crippen LogP contribution < -0.4 is 4.74 Å². The summed E-state index contributed by atoms with van der Waals surface area (Å²) < 4.78 is 5.58. The molecule has 2 heterocycles. The SMILES string of the molecule is CCCCN(CC)C(=O)c1sc2ncnc(OCC)c2c1C. The molecular formula is C16H23N3O2S. The van der Waals surface area contributed by atoms with Crippen LogP contribution in [0, 0.1) is 6.92 Å². The lowest BCUT2D eigenvalue weighted by Gasteiger charge is -2.20. The van der Waals surface area contributed by atoms with E-state index in [1.165, 1.54) is 17.7 Å². The van der Waals surface area contributed by atoms with Crippen LogP contribution in [0.1, 0.15) is 48.8 Å². The van der Waals surface area contributed by atoms with Crippen molar-refractivity contribution in [3.05, 3.63) is 16.8 Å². The van der Waals surface area contributed by atoms with Crippen molar-refractivity contribution in [2.75, 3.05) is 19.7 Å². The number of hydrogen-bond donors (Lipinski definition) is 0. The molecule has 2 rings (SSSR count). The second-order valence-corrected chi connectivity index (χ2v) is 6.09. The Kier molecular flexibility index (Phi) is 5.71. The topological polar surface area (TPSA) is 55.3 Å². The third kappa shape index (κ3) is 3.21. The summed E-state index contributed by atoms with van der Waals surface area (Å²) in [6.07, 6.45) is 3.59. The minimum absolute atomic E-state index is 0.0823. The third-order valence-corrected chi connectivity index (χ3v) is 4.81. The van der Waals surface area contributed by atoms with Gasteiger partial charge in [0.25, 0.3) is 5.91 Å². The van der Waals surface area contributed by atoms with Crippen molar-refractivity contribution in [3.8, 4) is 5.88 Å². The Balaban J connectivity index is 2.41. The Hall–Kier alpha value is -1.69. The number of aryl methyl sites for hydroxylation is 1. The number of hydrogen-bond acceptors (Lipinski definition) is 5. The van der Waals surface area contributed by atoms with Gasteiger partial charge in [0.2, 0.25) is 5.88 Å². The van der Waals surface area contributed by atoms with Crippen molar-refractivity contribution in [2.45, 2.75) is 40.5 Å². The van der Waals surface area contributed by atoms with Crippen molar-refractivity contribution in [3.63, 3.8) is 0 Å². The highest BCUT2D eigenvalue weighted by atomic mass is 32.1. The first-order valence-corrected chi connectivity index (χ1v) is 8.61. The number of unbranched alkanes of at least 4 members (excludes halogenated alkanes) is 1. The number of thiophene rings is 1. The predicted octanol–water partition coefficient (Wildman–Crippen LogP) is 3.66. The van der Waals surface area contributed by atoms with Crippen LogP contribution in [0.5, 0.6) is 5.88 Å². The summed E-state index contributed by atoms with van der Waals surface area (Å²) >= 11 is 1.43. The molecule has 0 unspecified atom stereocenters. The van der Waals surface area contributed by atoms with Gasteiger partial charge in [0.05, 0.1) is 16.9 Å². The zero-order valence-corrected chi connectivity index (χ0v) is 14.5. The normalized spacial score (nSPS) is 10.9. The van der Waals surface area contributed by atoms with Crippen LogP contribution in [0.4, 0.5) is 0 Å². The summed E-state index contributed by atoms with van der Waals surface area (Å²) in [5.74, 6) is 0.649. The molecule has 22 heavy (non-hydrogen) atoms. The predicted molar refractivity (Wildman–Crippen MR) is 89.8 cm³/mol. The molecule has 0 bridgehead atoms. The number of nitrogens with zero attached hydrogens (tertiary/aromatic N) is 3. The van der Waals surface area contributed by atoms with Crippen LogP contribution in [0.3, 0.4) is 0 Å². The monoisotopic (exact) mass is 321 g/mol. The van der Waals surface area contributed by atoms with Gasteiger partial charge in [0, 0.05) is 13.1 Å². The molecule has 2 aromatic rings. The van der Waals surface area contributed by atoms with E-state index < -0.39 is 0 Å². The van der Waals surface area contributed by atoms with Gasteiger partial charge in [-0.15, -0.1) is 11.3 Å². The minimum atomic E-state index is 0.0823. The fraction of sp³-hybridized carbons (Fsp3) is 0.562. The summed E-state index contributed by atoms with van der Waals surface area (Å²) in [5, 5.41) is 0.865. The number of carbonyl (C=O) groups excluding carboxylic acids is 1. The Bertz CT molecular complexity index is 654. The lowest BCUT2D eigenvalue weighted by atomic mass is 10.2. The molecular weight excluding hydrogens is 298 g/mol. The number of ether oxygens (including phenoxy) is 1. The zero-order chi connectivity index (χ0) is 16.1. The molecule has 0 saturated carbocycles. The van der Waals surface area contributed by atoms with E-state index in [-0.39, 0.29) is 5.91 Å². The van der Waals surface area contributed by atoms with Crippen LogP contribution in [0.25, 0.3) is 10.2 Å². The van der Waals surface area contributed by atoms with Crippen molar-refractivity contribution in [1.29, 1.82) is 0 Å². The third-order valence-electron chi connectivity index (χ3n) is 3.62. The molecule has 0 N–H and O–H groups in total. The number of carbonyl (C=O) groups is 1. The summed E-state index contributed by atoms with van der Waals surface area (Å²) in [6, 6.07) is 0. The van der Waals surface area contributed by atoms with Crippen LogP contribution in [0.2, 0.25) is 0 Å². The highest BCUT2D eigenvalue weighted by Crippen LogP contribution is 2.35. The first-order chi connectivity index (χ1) is 10.6. The number of rotatable bonds is 7. The lowest BCUT2D eigenvalue weighted by molar-refractivity contribution is 0.0766. The molecule has 5 nitrogen and oxygen atoms in total. The van der Waals surface area contributed by atoms with Crippen molar-refractivity contribution >= 4 is 27.5 Å². The fourth-order valence-electron chi connectivity index (χ4n) is 2.39. The Morgan fingerprint density at radius 1 is 1.32 bits per heavy atom. The van der Waals surface area contributed by atoms with E-state index in [1.54, 1.807) is 0 Å². The van der Waals surface area contributed by atoms with Gasteiger partial charge in [-0.3, -0.25) is 4.79 Å². The number of fused-ring (bicyclic) bond motifs is 1. The minimum Gasteiger partial charge on any atom is -0.477 e. The maximum Gasteiger partial charge on any atom is 0.264 e. The van der Waals surface area contributed by atoms with E-state index >= 15 is 0 Å². The Morgan fingerprint density at radius 2 is 2.09 bits per heavy atom. The molecule has 0 spiro atoms. The molecule has 0 aliphatic heterocycles. The summed E-state index contributed by atoms with van der Waals surface area (Å²) in [4.78, 5) is 24.7. The van der Waals surface area contributed by atoms with Gasteiger partial charge in [-0.1, -0.05) is 13.3 Å². The zero-order valence-electron chi connectivity index (χ0n) is 13.7. The van der Waals surface area contributed by atoms with Crippen molar-refractivity contribution in [1.82, 2.24) is 14.9 Å². The molecule has 0 atom stereocenters. The molecule has 0 aliphatic rings. The van der Waals surface area contributed by atoms with Gasteiger partial charge < -0.3 is 9.64 Å². The first kappa shape index (κ1) is 16.7. The van der Waals surface area contributed by atoms with Gasteiger partial charge >= 0.3 is 0 Å². The maximum atomic E-state index is 12.8. The van der Waals surface area contributed by atoms with Crippen molar-refractivity contribution in [2.24, 2.45) is 0 Å². The Morgan fingerprint density at radius 3 is 2.73 bits per heavy atom. The molecule has 0 aliphatic carbocycles. The molecule has 0 aromatic carbocycles. The highest BCUT2D eigenvalue weighted by molar-refractivity contribution is 7.20. The van der Waals surface area contributed by atoms with E-state index in [4.69, 9.17) is 4.74 Å². The average molecular weight is 321 g/mol. The van der Waals surface area contributed by atoms with Crippen LogP contribution >= 0.6 is 11.3 Å². The Labute approximate surface area is 135 Å². The van der Waals surface area contributed by atoms with Gasteiger partial charge in [-0.25, -0.2) is 9.97 Å². The first-order valence-electron chi connectivity index (χ1n) is 7.80. The second kappa shape index (κ2) is 7.54. The van der Waals surface area contributed by atoms with Crippen LogP contribution in [-0.2, 0) is 0 Å². The lowest BCUT2D eigenvalue weighted by Crippen LogP contribution is -2.31. The summed E-state index contributed by atoms with van der Waals surface area (Å²) in [5.41, 5.74) is 0.920. The fourth-order valence-corrected chi connectivity index (χ4v) is 3.49. The van der Waals surface area contributed by atoms with E-state index in [9.17, 15) is 4.79 Å². The van der Waals surface area contributed by atoms with E-state index in [2.05, 4.69) is 16.9 Å². The standard InChI is InChI=1S/C16H23N3O2S/c1-5-8-9-19(6-2)16(20)13-11(4)12-14(21-7-3)17-10-18-15(12)22-13/h10H,5-9H2,1-4H3. The van der Waals surface area contributed by atoms with Crippen molar-refractivity contribution < 1.29 is 9.53 Å². The molecule has 0 saturated heterocycles. The molecule has 2 aromatic heterocycles. The second-order valence-electron chi connectivity index (χ2n) is 5.09. The van der Waals surface area contributed by atoms with Gasteiger partial charge in [-0.05, 0) is 32.8 Å². The van der Waals surface area contributed by atoms with Gasteiger partial charge in [0.1, 0.15) is 11.2 Å². The quantitative estimate of drug-likeness (QED) is 0.781. The average Bonchev–Trinajstić information content (AvgIpc) is 2.86. The smallest absolute Gasteiger partial charge is 0.264 e. The molecule has 0 radical (unpaired) electrons. The number of amides is 1. The van der Waals surface area contributed by atoms with Crippen LogP contribution in [-0.4, -0.2) is 40.5 Å². The number of aromatic nitrogens is 2. The largest absolute Gasteiger partial charge is 0.477 e. The maximum absolute atomic E-state index is 12.8. The van der Waals surface area contributed by atoms with Crippen LogP contribution in [0.15, 0.2) is 6.33 Å². The summed E-state index contributed by atoms with van der Waals surface area (Å²) in [6.45, 7) is 10.1. The van der Waals surface area contributed by atoms with Gasteiger partial charge in [-0.2, -0.15) is 0 Å². The van der Waals surface area contributed by atoms with Gasteiger partial charge in [0.15, 0.2) is 0 Å². The van der Waals surface area contributed by atoms with E-state index in [0.29, 0.717) is 12.5 Å². The summed E-state index contributed by atoms with van der Waals surface area (Å²) in [7, 11) is 0. The molecule has 6 heteroatoms. The highest BCUT2D eigenvalue weighted by Gasteiger charge is 2.23. The van der Waals surface area contributed by atoms with E-state index in [1.807, 2.05) is 25.7 Å².